The van der Waals surface area contributed by atoms with Crippen molar-refractivity contribution in [2.45, 2.75) is 25.2 Å². The van der Waals surface area contributed by atoms with Crippen molar-refractivity contribution >= 4 is 0 Å². The molecule has 1 fully saturated rings. The first-order valence-corrected chi connectivity index (χ1v) is 4.61. The Labute approximate surface area is 79.1 Å². The summed E-state index contributed by atoms with van der Waals surface area (Å²) in [6, 6.07) is 0. The van der Waals surface area contributed by atoms with Crippen molar-refractivity contribution in [2.75, 3.05) is 34.0 Å². The van der Waals surface area contributed by atoms with Crippen LogP contribution in [0.2, 0.25) is 0 Å². The van der Waals surface area contributed by atoms with Crippen LogP contribution in [-0.4, -0.2) is 46.4 Å². The fourth-order valence-electron chi connectivity index (χ4n) is 1.30. The maximum atomic E-state index is 5.40. The van der Waals surface area contributed by atoms with Gasteiger partial charge in [-0.25, -0.2) is 0 Å². The summed E-state index contributed by atoms with van der Waals surface area (Å²) in [6.45, 7) is 1.97. The fraction of sp³-hybridized carbons (Fsp3) is 1.00. The lowest BCUT2D eigenvalue weighted by atomic mass is 10.2. The molecule has 0 aromatic heterocycles. The third-order valence-electron chi connectivity index (χ3n) is 2.11. The summed E-state index contributed by atoms with van der Waals surface area (Å²) in [6.07, 6.45) is 2.26. The molecular formula is C9H18O4. The zero-order valence-corrected chi connectivity index (χ0v) is 8.32. The van der Waals surface area contributed by atoms with Gasteiger partial charge in [-0.3, -0.25) is 0 Å². The van der Waals surface area contributed by atoms with Gasteiger partial charge in [0.15, 0.2) is 6.29 Å². The van der Waals surface area contributed by atoms with Crippen molar-refractivity contribution in [1.29, 1.82) is 0 Å². The molecule has 0 spiro atoms. The summed E-state index contributed by atoms with van der Waals surface area (Å²) in [5.41, 5.74) is 0. The van der Waals surface area contributed by atoms with Crippen LogP contribution in [0.15, 0.2) is 0 Å². The number of hydrogen-bond acceptors (Lipinski definition) is 4. The van der Waals surface area contributed by atoms with Crippen LogP contribution in [0, 0.1) is 0 Å². The van der Waals surface area contributed by atoms with Gasteiger partial charge in [0.2, 0.25) is 0 Å². The Morgan fingerprint density at radius 3 is 2.69 bits per heavy atom. The number of methoxy groups -OCH3 is 2. The lowest BCUT2D eigenvalue weighted by Gasteiger charge is -2.15. The molecule has 1 aliphatic rings. The van der Waals surface area contributed by atoms with Crippen molar-refractivity contribution in [2.24, 2.45) is 0 Å². The minimum Gasteiger partial charge on any atom is -0.376 e. The molecule has 0 saturated carbocycles. The van der Waals surface area contributed by atoms with E-state index < -0.39 is 0 Å². The Morgan fingerprint density at radius 1 is 1.38 bits per heavy atom. The van der Waals surface area contributed by atoms with E-state index in [4.69, 9.17) is 18.9 Å². The molecule has 4 heteroatoms. The molecule has 0 aromatic rings. The van der Waals surface area contributed by atoms with E-state index in [9.17, 15) is 0 Å². The predicted molar refractivity (Wildman–Crippen MR) is 47.6 cm³/mol. The lowest BCUT2D eigenvalue weighted by Crippen LogP contribution is -2.23. The molecule has 0 aliphatic carbocycles. The average Bonchev–Trinajstić information content (AvgIpc) is 2.65. The summed E-state index contributed by atoms with van der Waals surface area (Å²) < 4.78 is 20.7. The smallest absolute Gasteiger partial charge is 0.180 e. The summed E-state index contributed by atoms with van der Waals surface area (Å²) >= 11 is 0. The van der Waals surface area contributed by atoms with E-state index in [2.05, 4.69) is 0 Å². The third-order valence-corrected chi connectivity index (χ3v) is 2.11. The molecular weight excluding hydrogens is 172 g/mol. The van der Waals surface area contributed by atoms with Crippen LogP contribution in [0.25, 0.3) is 0 Å². The van der Waals surface area contributed by atoms with Gasteiger partial charge in [-0.15, -0.1) is 0 Å². The Balaban J connectivity index is 1.98. The van der Waals surface area contributed by atoms with Crippen molar-refractivity contribution in [3.8, 4) is 0 Å². The molecule has 4 nitrogen and oxygen atoms in total. The van der Waals surface area contributed by atoms with Gasteiger partial charge in [0, 0.05) is 20.8 Å². The normalized spacial score (nSPS) is 22.8. The molecule has 0 bridgehead atoms. The Morgan fingerprint density at radius 2 is 2.15 bits per heavy atom. The molecule has 0 amide bonds. The highest BCUT2D eigenvalue weighted by Crippen LogP contribution is 2.12. The zero-order chi connectivity index (χ0) is 9.52. The first-order chi connectivity index (χ1) is 6.36. The molecule has 1 saturated heterocycles. The third kappa shape index (κ3) is 4.04. The second-order valence-corrected chi connectivity index (χ2v) is 3.07. The van der Waals surface area contributed by atoms with Gasteiger partial charge in [0.05, 0.1) is 19.3 Å². The first kappa shape index (κ1) is 10.9. The maximum Gasteiger partial charge on any atom is 0.180 e. The number of hydrogen-bond donors (Lipinski definition) is 0. The maximum absolute atomic E-state index is 5.40. The first-order valence-electron chi connectivity index (χ1n) is 4.61. The molecule has 78 valence electrons. The van der Waals surface area contributed by atoms with E-state index in [0.717, 1.165) is 19.4 Å². The summed E-state index contributed by atoms with van der Waals surface area (Å²) in [4.78, 5) is 0. The molecule has 1 heterocycles. The second kappa shape index (κ2) is 6.32. The summed E-state index contributed by atoms with van der Waals surface area (Å²) in [5.74, 6) is 0. The van der Waals surface area contributed by atoms with Crippen LogP contribution >= 0.6 is 0 Å². The highest BCUT2D eigenvalue weighted by Gasteiger charge is 2.16. The molecule has 1 unspecified atom stereocenters. The topological polar surface area (TPSA) is 36.9 Å². The van der Waals surface area contributed by atoms with Crippen molar-refractivity contribution in [3.63, 3.8) is 0 Å². The summed E-state index contributed by atoms with van der Waals surface area (Å²) in [7, 11) is 3.20. The zero-order valence-electron chi connectivity index (χ0n) is 8.32. The van der Waals surface area contributed by atoms with E-state index in [1.807, 2.05) is 0 Å². The monoisotopic (exact) mass is 190 g/mol. The Kier molecular flexibility index (Phi) is 5.31. The Hall–Kier alpha value is -0.160. The van der Waals surface area contributed by atoms with Gasteiger partial charge >= 0.3 is 0 Å². The van der Waals surface area contributed by atoms with Crippen LogP contribution in [0.5, 0.6) is 0 Å². The van der Waals surface area contributed by atoms with Gasteiger partial charge in [-0.05, 0) is 12.8 Å². The standard InChI is InChI=1S/C9H18O4/c1-10-9(11-2)7-12-6-8-4-3-5-13-8/h8-9H,3-7H2,1-2H3. The number of ether oxygens (including phenoxy) is 4. The van der Waals surface area contributed by atoms with E-state index in [1.54, 1.807) is 14.2 Å². The minimum absolute atomic E-state index is 0.263. The minimum atomic E-state index is -0.263. The quantitative estimate of drug-likeness (QED) is 0.580. The molecule has 0 N–H and O–H groups in total. The summed E-state index contributed by atoms with van der Waals surface area (Å²) in [5, 5.41) is 0. The SMILES string of the molecule is COC(COCC1CCCO1)OC. The van der Waals surface area contributed by atoms with Crippen LogP contribution < -0.4 is 0 Å². The lowest BCUT2D eigenvalue weighted by molar-refractivity contribution is -0.146. The molecule has 13 heavy (non-hydrogen) atoms. The van der Waals surface area contributed by atoms with Gasteiger partial charge in [-0.1, -0.05) is 0 Å². The van der Waals surface area contributed by atoms with Crippen molar-refractivity contribution < 1.29 is 18.9 Å². The fourth-order valence-corrected chi connectivity index (χ4v) is 1.30. The van der Waals surface area contributed by atoms with Gasteiger partial charge < -0.3 is 18.9 Å². The van der Waals surface area contributed by atoms with Crippen LogP contribution in [0.4, 0.5) is 0 Å². The largest absolute Gasteiger partial charge is 0.376 e. The molecule has 0 aromatic carbocycles. The van der Waals surface area contributed by atoms with Gasteiger partial charge in [-0.2, -0.15) is 0 Å². The van der Waals surface area contributed by atoms with Gasteiger partial charge in [0.25, 0.3) is 0 Å². The van der Waals surface area contributed by atoms with Crippen LogP contribution in [0.3, 0.4) is 0 Å². The van der Waals surface area contributed by atoms with E-state index in [0.29, 0.717) is 13.2 Å². The van der Waals surface area contributed by atoms with Crippen LogP contribution in [-0.2, 0) is 18.9 Å². The second-order valence-electron chi connectivity index (χ2n) is 3.07. The average molecular weight is 190 g/mol. The highest BCUT2D eigenvalue weighted by atomic mass is 16.7. The van der Waals surface area contributed by atoms with Crippen molar-refractivity contribution in [3.05, 3.63) is 0 Å². The van der Waals surface area contributed by atoms with E-state index >= 15 is 0 Å². The van der Waals surface area contributed by atoms with Gasteiger partial charge in [0.1, 0.15) is 0 Å². The van der Waals surface area contributed by atoms with E-state index in [-0.39, 0.29) is 12.4 Å². The van der Waals surface area contributed by atoms with Crippen LogP contribution in [0.1, 0.15) is 12.8 Å². The Bertz CT molecular complexity index is 117. The molecule has 0 radical (unpaired) electrons. The molecule has 1 rings (SSSR count). The van der Waals surface area contributed by atoms with Crippen molar-refractivity contribution in [1.82, 2.24) is 0 Å². The van der Waals surface area contributed by atoms with E-state index in [1.165, 1.54) is 0 Å². The number of rotatable bonds is 6. The predicted octanol–water partition coefficient (Wildman–Crippen LogP) is 0.801. The highest BCUT2D eigenvalue weighted by molar-refractivity contribution is 4.63. The molecule has 1 atom stereocenters. The molecule has 1 aliphatic heterocycles.